The van der Waals surface area contributed by atoms with Crippen LogP contribution in [0.25, 0.3) is 21.7 Å². The van der Waals surface area contributed by atoms with Gasteiger partial charge in [0.15, 0.2) is 11.6 Å². The summed E-state index contributed by atoms with van der Waals surface area (Å²) in [5.74, 6) is -0.162. The number of amides is 4. The molecule has 16 heteroatoms. The van der Waals surface area contributed by atoms with Gasteiger partial charge >= 0.3 is 0 Å². The molecule has 70 heavy (non-hydrogen) atoms. The number of likely N-dealkylation sites (tertiary alicyclic amines) is 1. The van der Waals surface area contributed by atoms with Gasteiger partial charge in [-0.2, -0.15) is 0 Å². The minimum atomic E-state index is -0.849. The highest BCUT2D eigenvalue weighted by Gasteiger charge is 2.44. The first kappa shape index (κ1) is 53.0. The van der Waals surface area contributed by atoms with E-state index < -0.39 is 23.6 Å². The summed E-state index contributed by atoms with van der Waals surface area (Å²) in [7, 11) is 0. The first-order valence-corrected chi connectivity index (χ1v) is 25.5. The van der Waals surface area contributed by atoms with E-state index in [1.54, 1.807) is 35.6 Å². The van der Waals surface area contributed by atoms with E-state index in [-0.39, 0.29) is 54.7 Å². The molecule has 4 amide bonds. The topological polar surface area (TPSA) is 222 Å². The van der Waals surface area contributed by atoms with Crippen LogP contribution < -0.4 is 26.4 Å². The van der Waals surface area contributed by atoms with Gasteiger partial charge < -0.3 is 41.5 Å². The summed E-state index contributed by atoms with van der Waals surface area (Å²) < 4.78 is 5.91. The number of nitrogens with two attached hydrogens (primary N) is 1. The van der Waals surface area contributed by atoms with Gasteiger partial charge in [0.25, 0.3) is 0 Å². The minimum absolute atomic E-state index is 0.0323. The predicted molar refractivity (Wildman–Crippen MR) is 273 cm³/mol. The average Bonchev–Trinajstić information content (AvgIpc) is 3.96. The monoisotopic (exact) mass is 975 g/mol. The van der Waals surface area contributed by atoms with Crippen molar-refractivity contribution in [3.63, 3.8) is 0 Å². The first-order valence-electron chi connectivity index (χ1n) is 24.6. The number of aromatic nitrogens is 3. The van der Waals surface area contributed by atoms with Crippen LogP contribution in [-0.4, -0.2) is 85.3 Å². The number of β-amino-alcohol motifs (C(OH)–C–C–N with tert-alkyl or cyclic N) is 1. The van der Waals surface area contributed by atoms with Crippen LogP contribution >= 0.6 is 11.3 Å². The molecule has 3 aromatic carbocycles. The Kier molecular flexibility index (Phi) is 19.7. The average molecular weight is 975 g/mol. The van der Waals surface area contributed by atoms with Crippen molar-refractivity contribution in [3.8, 4) is 33.2 Å². The molecule has 1 saturated heterocycles. The number of nitrogens with one attached hydrogen (secondary N) is 3. The van der Waals surface area contributed by atoms with Crippen LogP contribution in [0.4, 0.5) is 5.82 Å². The summed E-state index contributed by atoms with van der Waals surface area (Å²) >= 11 is 1.58. The number of phenols is 1. The lowest BCUT2D eigenvalue weighted by molar-refractivity contribution is -0.144. The van der Waals surface area contributed by atoms with Crippen molar-refractivity contribution in [2.75, 3.05) is 18.9 Å². The number of phenolic OH excluding ortho intramolecular Hbond substituents is 1. The molecule has 0 bridgehead atoms. The number of carbonyl (C=O) groups excluding carboxylic acids is 4. The second-order valence-electron chi connectivity index (χ2n) is 19.3. The van der Waals surface area contributed by atoms with Gasteiger partial charge in [0.2, 0.25) is 23.6 Å². The van der Waals surface area contributed by atoms with Gasteiger partial charge in [-0.1, -0.05) is 126 Å². The lowest BCUT2D eigenvalue weighted by Gasteiger charge is -2.35. The minimum Gasteiger partial charge on any atom is -0.507 e. The number of thiazole rings is 1. The van der Waals surface area contributed by atoms with Gasteiger partial charge in [0.1, 0.15) is 23.5 Å². The Bertz CT molecular complexity index is 2490. The quantitative estimate of drug-likeness (QED) is 0.0306. The van der Waals surface area contributed by atoms with Crippen LogP contribution in [0.5, 0.6) is 11.5 Å². The van der Waals surface area contributed by atoms with E-state index in [2.05, 4.69) is 31.1 Å². The number of rotatable bonds is 25. The van der Waals surface area contributed by atoms with Gasteiger partial charge in [0, 0.05) is 56.9 Å². The summed E-state index contributed by atoms with van der Waals surface area (Å²) in [5, 5.41) is 37.8. The molecule has 2 aromatic heterocycles. The standard InChI is InChI=1S/C54H70N8O7S/c1-36-49(70-35-58-36)40-26-24-39(25-27-40)33-57-52(67)44-30-41(63)34-62(44)53(68)50(54(2,3)4)59-48(66)19-13-11-9-7-5-6-8-10-12-18-47(65)56-32-38-22-20-37(21-23-38)28-29-69-46-31-43(60-61-51(46)55)42-16-14-15-17-45(42)64/h14-17,20-27,31,35,41,44,50,63-64H,5-13,18-19,28-30,32-34H2,1-4H3,(H2,55,61)(H,56,65)(H,57,67)(H,59,66)/t41-,44+,50-/m1/s1. The number of para-hydroxylation sites is 1. The van der Waals surface area contributed by atoms with Crippen molar-refractivity contribution in [1.29, 1.82) is 0 Å². The molecule has 0 saturated carbocycles. The van der Waals surface area contributed by atoms with Crippen molar-refractivity contribution in [1.82, 2.24) is 36.0 Å². The number of aliphatic hydroxyl groups excluding tert-OH is 1. The summed E-state index contributed by atoms with van der Waals surface area (Å²) in [4.78, 5) is 60.0. The Hall–Kier alpha value is -6.39. The second kappa shape index (κ2) is 26.0. The Morgan fingerprint density at radius 3 is 2.04 bits per heavy atom. The van der Waals surface area contributed by atoms with E-state index in [1.807, 2.05) is 87.8 Å². The third-order valence-corrected chi connectivity index (χ3v) is 13.6. The van der Waals surface area contributed by atoms with Crippen LogP contribution in [0.1, 0.15) is 120 Å². The van der Waals surface area contributed by atoms with Gasteiger partial charge in [0.05, 0.1) is 28.8 Å². The molecule has 1 fully saturated rings. The number of aryl methyl sites for hydroxylation is 1. The van der Waals surface area contributed by atoms with Crippen molar-refractivity contribution >= 4 is 40.8 Å². The molecule has 3 atom stereocenters. The zero-order valence-electron chi connectivity index (χ0n) is 41.0. The fraction of sp³-hybridized carbons (Fsp3) is 0.463. The molecule has 15 nitrogen and oxygen atoms in total. The van der Waals surface area contributed by atoms with Crippen LogP contribution in [0.2, 0.25) is 0 Å². The van der Waals surface area contributed by atoms with E-state index in [9.17, 15) is 29.4 Å². The number of anilines is 1. The van der Waals surface area contributed by atoms with E-state index in [1.165, 1.54) is 4.90 Å². The molecule has 0 spiro atoms. The van der Waals surface area contributed by atoms with Gasteiger partial charge in [-0.25, -0.2) is 4.98 Å². The van der Waals surface area contributed by atoms with Crippen molar-refractivity contribution in [2.24, 2.45) is 5.41 Å². The van der Waals surface area contributed by atoms with E-state index in [0.29, 0.717) is 49.4 Å². The lowest BCUT2D eigenvalue weighted by Crippen LogP contribution is -2.57. The van der Waals surface area contributed by atoms with E-state index in [4.69, 9.17) is 10.5 Å². The first-order chi connectivity index (χ1) is 33.7. The number of unbranched alkanes of at least 4 members (excludes halogenated alkanes) is 8. The normalized spacial score (nSPS) is 15.1. The van der Waals surface area contributed by atoms with Crippen LogP contribution in [-0.2, 0) is 38.7 Å². The number of ether oxygens (including phenoxy) is 1. The number of nitrogens with zero attached hydrogens (tertiary/aromatic N) is 4. The van der Waals surface area contributed by atoms with Crippen LogP contribution in [0, 0.1) is 12.3 Å². The highest BCUT2D eigenvalue weighted by atomic mass is 32.1. The number of benzene rings is 3. The number of hydrogen-bond acceptors (Lipinski definition) is 12. The summed E-state index contributed by atoms with van der Waals surface area (Å²) in [6, 6.07) is 22.9. The van der Waals surface area contributed by atoms with E-state index in [0.717, 1.165) is 90.6 Å². The fourth-order valence-electron chi connectivity index (χ4n) is 8.54. The third kappa shape index (κ3) is 15.8. The van der Waals surface area contributed by atoms with Crippen molar-refractivity contribution < 1.29 is 34.1 Å². The highest BCUT2D eigenvalue weighted by molar-refractivity contribution is 7.13. The second-order valence-corrected chi connectivity index (χ2v) is 20.2. The maximum Gasteiger partial charge on any atom is 0.246 e. The molecular weight excluding hydrogens is 905 g/mol. The molecule has 3 heterocycles. The van der Waals surface area contributed by atoms with Crippen molar-refractivity contribution in [3.05, 3.63) is 107 Å². The SMILES string of the molecule is Cc1ncsc1-c1ccc(CNC(=O)[C@@H]2C[C@@H](O)CN2C(=O)[C@@H](NC(=O)CCCCCCCCCCCC(=O)NCc2ccc(CCOc3cc(-c4ccccc4O)nnc3N)cc2)C(C)(C)C)cc1. The number of aromatic hydroxyl groups is 1. The number of carbonyl (C=O) groups is 4. The van der Waals surface area contributed by atoms with Crippen LogP contribution in [0.15, 0.2) is 84.4 Å². The molecule has 0 radical (unpaired) electrons. The zero-order chi connectivity index (χ0) is 50.0. The fourth-order valence-corrected chi connectivity index (χ4v) is 9.35. The summed E-state index contributed by atoms with van der Waals surface area (Å²) in [5.41, 5.74) is 13.3. The molecule has 6 rings (SSSR count). The summed E-state index contributed by atoms with van der Waals surface area (Å²) in [6.45, 7) is 8.82. The molecule has 0 aliphatic carbocycles. The van der Waals surface area contributed by atoms with Gasteiger partial charge in [-0.15, -0.1) is 21.5 Å². The molecule has 0 unspecified atom stereocenters. The Morgan fingerprint density at radius 2 is 1.41 bits per heavy atom. The zero-order valence-corrected chi connectivity index (χ0v) is 41.9. The Morgan fingerprint density at radius 1 is 0.814 bits per heavy atom. The largest absolute Gasteiger partial charge is 0.507 e. The maximum absolute atomic E-state index is 14.0. The number of nitrogen functional groups attached to an aromatic ring is 1. The van der Waals surface area contributed by atoms with Gasteiger partial charge in [-0.05, 0) is 59.6 Å². The van der Waals surface area contributed by atoms with Crippen molar-refractivity contribution in [2.45, 2.75) is 142 Å². The number of aliphatic hydroxyl groups is 1. The van der Waals surface area contributed by atoms with E-state index >= 15 is 0 Å². The summed E-state index contributed by atoms with van der Waals surface area (Å²) in [6.07, 6.45) is 9.61. The number of hydrogen-bond donors (Lipinski definition) is 6. The molecule has 5 aromatic rings. The smallest absolute Gasteiger partial charge is 0.246 e. The molecule has 1 aliphatic rings. The third-order valence-electron chi connectivity index (χ3n) is 12.6. The molecule has 7 N–H and O–H groups in total. The molecule has 1 aliphatic heterocycles. The molecular formula is C54H70N8O7S. The van der Waals surface area contributed by atoms with Crippen LogP contribution in [0.3, 0.4) is 0 Å². The Balaban J connectivity index is 0.792. The maximum atomic E-state index is 14.0. The molecule has 374 valence electrons. The van der Waals surface area contributed by atoms with Gasteiger partial charge in [-0.3, -0.25) is 19.2 Å². The predicted octanol–water partition coefficient (Wildman–Crippen LogP) is 8.20. The Labute approximate surface area is 416 Å². The highest BCUT2D eigenvalue weighted by Crippen LogP contribution is 2.32. The lowest BCUT2D eigenvalue weighted by atomic mass is 9.85.